The third kappa shape index (κ3) is 3.81. The second-order valence-corrected chi connectivity index (χ2v) is 5.61. The van der Waals surface area contributed by atoms with Crippen LogP contribution < -0.4 is 5.32 Å². The van der Waals surface area contributed by atoms with E-state index in [1.54, 1.807) is 24.5 Å². The van der Waals surface area contributed by atoms with Crippen molar-refractivity contribution in [2.75, 3.05) is 5.75 Å². The van der Waals surface area contributed by atoms with Crippen LogP contribution in [-0.4, -0.2) is 28.0 Å². The van der Waals surface area contributed by atoms with Crippen molar-refractivity contribution in [3.05, 3.63) is 53.7 Å². The summed E-state index contributed by atoms with van der Waals surface area (Å²) >= 11 is 1.33. The van der Waals surface area contributed by atoms with Gasteiger partial charge in [0, 0.05) is 11.8 Å². The number of carbonyl (C=O) groups is 1. The number of benzene rings is 1. The molecule has 1 aromatic heterocycles. The van der Waals surface area contributed by atoms with Gasteiger partial charge in [0.15, 0.2) is 5.17 Å². The van der Waals surface area contributed by atoms with Crippen LogP contribution in [0.4, 0.5) is 0 Å². The van der Waals surface area contributed by atoms with Gasteiger partial charge in [-0.15, -0.1) is 5.10 Å². The Hall–Kier alpha value is -2.98. The van der Waals surface area contributed by atoms with E-state index in [-0.39, 0.29) is 5.91 Å². The third-order valence-electron chi connectivity index (χ3n) is 3.04. The van der Waals surface area contributed by atoms with Crippen LogP contribution in [0.3, 0.4) is 0 Å². The van der Waals surface area contributed by atoms with Gasteiger partial charge in [-0.25, -0.2) is 0 Å². The lowest BCUT2D eigenvalue weighted by atomic mass is 10.1. The van der Waals surface area contributed by atoms with E-state index in [1.165, 1.54) is 11.8 Å². The zero-order chi connectivity index (χ0) is 16.1. The van der Waals surface area contributed by atoms with Crippen LogP contribution in [0.2, 0.25) is 0 Å². The first-order valence-corrected chi connectivity index (χ1v) is 7.73. The molecule has 0 aliphatic carbocycles. The predicted octanol–water partition coefficient (Wildman–Crippen LogP) is 2.17. The molecule has 3 rings (SSSR count). The van der Waals surface area contributed by atoms with Crippen molar-refractivity contribution < 1.29 is 4.79 Å². The van der Waals surface area contributed by atoms with Gasteiger partial charge in [0.2, 0.25) is 5.91 Å². The highest BCUT2D eigenvalue weighted by Gasteiger charge is 2.15. The second kappa shape index (κ2) is 6.85. The smallest absolute Gasteiger partial charge is 0.236 e. The van der Waals surface area contributed by atoms with Gasteiger partial charge < -0.3 is 5.32 Å². The molecule has 7 heteroatoms. The van der Waals surface area contributed by atoms with Gasteiger partial charge in [-0.05, 0) is 17.7 Å². The SMILES string of the molecule is N#Cc1ccnc(-c2ccc(C=NN=C3NC(=O)CS3)cc2)c1. The molecule has 2 aromatic rings. The molecule has 0 spiro atoms. The summed E-state index contributed by atoms with van der Waals surface area (Å²) in [6, 6.07) is 13.1. The number of nitriles is 1. The highest BCUT2D eigenvalue weighted by Crippen LogP contribution is 2.18. The first kappa shape index (κ1) is 14.9. The lowest BCUT2D eigenvalue weighted by Crippen LogP contribution is -2.19. The maximum atomic E-state index is 11.0. The molecule has 0 saturated carbocycles. The Morgan fingerprint density at radius 2 is 2.13 bits per heavy atom. The first-order chi connectivity index (χ1) is 11.2. The monoisotopic (exact) mass is 321 g/mol. The average molecular weight is 321 g/mol. The minimum atomic E-state index is -0.0552. The Labute approximate surface area is 137 Å². The van der Waals surface area contributed by atoms with E-state index >= 15 is 0 Å². The number of thioether (sulfide) groups is 1. The molecule has 0 atom stereocenters. The van der Waals surface area contributed by atoms with Gasteiger partial charge in [-0.1, -0.05) is 36.0 Å². The quantitative estimate of drug-likeness (QED) is 0.693. The Morgan fingerprint density at radius 3 is 2.83 bits per heavy atom. The molecule has 6 nitrogen and oxygen atoms in total. The zero-order valence-corrected chi connectivity index (χ0v) is 12.7. The van der Waals surface area contributed by atoms with Crippen LogP contribution in [0.1, 0.15) is 11.1 Å². The van der Waals surface area contributed by atoms with E-state index in [4.69, 9.17) is 5.26 Å². The standard InChI is InChI=1S/C16H11N5OS/c17-8-12-5-6-18-14(7-12)13-3-1-11(2-4-13)9-19-21-16-20-15(22)10-23-16/h1-7,9H,10H2,(H,20,21,22). The number of amidine groups is 1. The van der Waals surface area contributed by atoms with E-state index in [2.05, 4.69) is 26.6 Å². The summed E-state index contributed by atoms with van der Waals surface area (Å²) in [7, 11) is 0. The molecule has 1 saturated heterocycles. The molecule has 1 fully saturated rings. The summed E-state index contributed by atoms with van der Waals surface area (Å²) in [5.74, 6) is 0.332. The number of rotatable bonds is 3. The largest absolute Gasteiger partial charge is 0.303 e. The van der Waals surface area contributed by atoms with Crippen LogP contribution in [-0.2, 0) is 4.79 Å². The fraction of sp³-hybridized carbons (Fsp3) is 0.0625. The lowest BCUT2D eigenvalue weighted by molar-refractivity contribution is -0.116. The summed E-state index contributed by atoms with van der Waals surface area (Å²) in [4.78, 5) is 15.3. The van der Waals surface area contributed by atoms with Crippen molar-refractivity contribution in [3.8, 4) is 17.3 Å². The van der Waals surface area contributed by atoms with Gasteiger partial charge in [0.25, 0.3) is 0 Å². The minimum Gasteiger partial charge on any atom is -0.303 e. The summed E-state index contributed by atoms with van der Waals surface area (Å²) in [5, 5.41) is 19.9. The minimum absolute atomic E-state index is 0.0552. The molecule has 0 bridgehead atoms. The molecule has 23 heavy (non-hydrogen) atoms. The Kier molecular flexibility index (Phi) is 4.45. The van der Waals surface area contributed by atoms with E-state index in [1.807, 2.05) is 24.3 Å². The molecule has 0 unspecified atom stereocenters. The number of nitrogens with zero attached hydrogens (tertiary/aromatic N) is 4. The molecule has 112 valence electrons. The van der Waals surface area contributed by atoms with Crippen molar-refractivity contribution in [2.45, 2.75) is 0 Å². The topological polar surface area (TPSA) is 90.5 Å². The van der Waals surface area contributed by atoms with E-state index in [9.17, 15) is 4.79 Å². The normalized spacial score (nSPS) is 15.8. The zero-order valence-electron chi connectivity index (χ0n) is 11.9. The molecule has 1 aliphatic rings. The van der Waals surface area contributed by atoms with Crippen LogP contribution in [0, 0.1) is 11.3 Å². The van der Waals surface area contributed by atoms with Crippen molar-refractivity contribution in [1.82, 2.24) is 10.3 Å². The number of amides is 1. The Balaban J connectivity index is 1.72. The van der Waals surface area contributed by atoms with Gasteiger partial charge in [0.1, 0.15) is 0 Å². The second-order valence-electron chi connectivity index (χ2n) is 4.65. The van der Waals surface area contributed by atoms with Crippen molar-refractivity contribution in [3.63, 3.8) is 0 Å². The van der Waals surface area contributed by atoms with Crippen molar-refractivity contribution in [1.29, 1.82) is 5.26 Å². The predicted molar refractivity (Wildman–Crippen MR) is 90.0 cm³/mol. The van der Waals surface area contributed by atoms with Gasteiger partial charge in [0.05, 0.1) is 29.3 Å². The molecule has 1 aromatic carbocycles. The molecule has 1 N–H and O–H groups in total. The first-order valence-electron chi connectivity index (χ1n) is 6.75. The molecule has 2 heterocycles. The van der Waals surface area contributed by atoms with E-state index in [0.29, 0.717) is 16.5 Å². The number of pyridine rings is 1. The maximum Gasteiger partial charge on any atom is 0.236 e. The summed E-state index contributed by atoms with van der Waals surface area (Å²) in [6.45, 7) is 0. The number of aromatic nitrogens is 1. The average Bonchev–Trinajstić information content (AvgIpc) is 3.01. The number of nitrogens with one attached hydrogen (secondary N) is 1. The fourth-order valence-electron chi connectivity index (χ4n) is 1.93. The highest BCUT2D eigenvalue weighted by atomic mass is 32.2. The fourth-order valence-corrected chi connectivity index (χ4v) is 2.56. The molecule has 1 aliphatic heterocycles. The van der Waals surface area contributed by atoms with Crippen LogP contribution in [0.15, 0.2) is 52.8 Å². The number of carbonyl (C=O) groups excluding carboxylic acids is 1. The molecular weight excluding hydrogens is 310 g/mol. The van der Waals surface area contributed by atoms with E-state index in [0.717, 1.165) is 16.8 Å². The van der Waals surface area contributed by atoms with Gasteiger partial charge in [-0.2, -0.15) is 10.4 Å². The van der Waals surface area contributed by atoms with Gasteiger partial charge in [-0.3, -0.25) is 9.78 Å². The van der Waals surface area contributed by atoms with Crippen LogP contribution in [0.5, 0.6) is 0 Å². The van der Waals surface area contributed by atoms with E-state index < -0.39 is 0 Å². The van der Waals surface area contributed by atoms with Crippen molar-refractivity contribution >= 4 is 29.1 Å². The third-order valence-corrected chi connectivity index (χ3v) is 3.90. The summed E-state index contributed by atoms with van der Waals surface area (Å²) < 4.78 is 0. The maximum absolute atomic E-state index is 11.0. The summed E-state index contributed by atoms with van der Waals surface area (Å²) in [5.41, 5.74) is 3.12. The highest BCUT2D eigenvalue weighted by molar-refractivity contribution is 8.15. The number of hydrogen-bond donors (Lipinski definition) is 1. The van der Waals surface area contributed by atoms with Crippen molar-refractivity contribution in [2.24, 2.45) is 10.2 Å². The van der Waals surface area contributed by atoms with Crippen LogP contribution >= 0.6 is 11.8 Å². The number of hydrogen-bond acceptors (Lipinski definition) is 6. The van der Waals surface area contributed by atoms with Gasteiger partial charge >= 0.3 is 0 Å². The Morgan fingerprint density at radius 1 is 1.30 bits per heavy atom. The summed E-state index contributed by atoms with van der Waals surface area (Å²) in [6.07, 6.45) is 3.23. The molecule has 0 radical (unpaired) electrons. The lowest BCUT2D eigenvalue weighted by Gasteiger charge is -2.01. The Bertz CT molecular complexity index is 836. The molecule has 1 amide bonds. The molecular formula is C16H11N5OS. The van der Waals surface area contributed by atoms with Crippen LogP contribution in [0.25, 0.3) is 11.3 Å².